The second kappa shape index (κ2) is 11.9. The number of hydrogen-bond acceptors (Lipinski definition) is 8. The van der Waals surface area contributed by atoms with E-state index in [1.807, 2.05) is 35.7 Å². The van der Waals surface area contributed by atoms with Gasteiger partial charge < -0.3 is 10.1 Å². The van der Waals surface area contributed by atoms with Crippen LogP contribution in [-0.4, -0.2) is 33.8 Å². The number of rotatable bonds is 9. The molecule has 5 rings (SSSR count). The molecule has 39 heavy (non-hydrogen) atoms. The van der Waals surface area contributed by atoms with E-state index in [9.17, 15) is 14.4 Å². The van der Waals surface area contributed by atoms with Crippen molar-refractivity contribution in [2.75, 3.05) is 17.7 Å². The Bertz CT molecular complexity index is 1600. The third-order valence-electron chi connectivity index (χ3n) is 6.63. The number of carbonyl (C=O) groups excluding carboxylic acids is 2. The highest BCUT2D eigenvalue weighted by Crippen LogP contribution is 2.40. The van der Waals surface area contributed by atoms with Gasteiger partial charge in [0.05, 0.1) is 23.3 Å². The van der Waals surface area contributed by atoms with Gasteiger partial charge in [-0.25, -0.2) is 9.78 Å². The number of anilines is 1. The molecule has 1 amide bonds. The summed E-state index contributed by atoms with van der Waals surface area (Å²) in [5.41, 5.74) is 3.13. The molecule has 1 N–H and O–H groups in total. The minimum atomic E-state index is -0.397. The minimum Gasteiger partial charge on any atom is -0.462 e. The molecule has 3 heterocycles. The fourth-order valence-electron chi connectivity index (χ4n) is 4.79. The van der Waals surface area contributed by atoms with Crippen molar-refractivity contribution >= 4 is 61.5 Å². The Kier molecular flexibility index (Phi) is 8.34. The Morgan fingerprint density at radius 1 is 1.31 bits per heavy atom. The standard InChI is InChI=1S/C29H29N3O4S3/c1-4-13-32-27(34)23-20(18-9-7-6-8-10-18)15-37-25(23)31-29(32)38-16-22(33)30-26-24(28(35)36-5-2)19-12-11-17(3)14-21(19)39-26/h4,6-10,15,17H,1,5,11-14,16H2,2-3H3,(H,30,33). The zero-order chi connectivity index (χ0) is 27.5. The number of nitrogens with zero attached hydrogens (tertiary/aromatic N) is 2. The van der Waals surface area contributed by atoms with Crippen molar-refractivity contribution in [1.82, 2.24) is 9.55 Å². The fraction of sp³-hybridized carbons (Fsp3) is 0.310. The van der Waals surface area contributed by atoms with Crippen LogP contribution < -0.4 is 10.9 Å². The molecule has 1 aliphatic rings. The van der Waals surface area contributed by atoms with Crippen LogP contribution in [0.1, 0.15) is 41.1 Å². The lowest BCUT2D eigenvalue weighted by atomic mass is 9.88. The molecule has 3 aromatic heterocycles. The number of carbonyl (C=O) groups is 2. The molecule has 0 fully saturated rings. The van der Waals surface area contributed by atoms with Crippen LogP contribution in [0, 0.1) is 5.92 Å². The summed E-state index contributed by atoms with van der Waals surface area (Å²) in [4.78, 5) is 46.0. The van der Waals surface area contributed by atoms with E-state index in [4.69, 9.17) is 9.72 Å². The predicted octanol–water partition coefficient (Wildman–Crippen LogP) is 6.40. The number of allylic oxidation sites excluding steroid dienone is 1. The molecule has 0 bridgehead atoms. The molecule has 0 radical (unpaired) electrons. The summed E-state index contributed by atoms with van der Waals surface area (Å²) in [7, 11) is 0. The number of hydrogen-bond donors (Lipinski definition) is 1. The van der Waals surface area contributed by atoms with Gasteiger partial charge in [0.2, 0.25) is 5.91 Å². The number of thioether (sulfide) groups is 1. The number of aromatic nitrogens is 2. The van der Waals surface area contributed by atoms with E-state index >= 15 is 0 Å². The molecule has 1 aliphatic carbocycles. The van der Waals surface area contributed by atoms with E-state index in [-0.39, 0.29) is 30.4 Å². The Morgan fingerprint density at radius 2 is 2.10 bits per heavy atom. The van der Waals surface area contributed by atoms with Crippen LogP contribution in [0.25, 0.3) is 21.3 Å². The van der Waals surface area contributed by atoms with Crippen LogP contribution in [0.4, 0.5) is 5.00 Å². The number of thiophene rings is 2. The first-order valence-corrected chi connectivity index (χ1v) is 15.5. The fourth-order valence-corrected chi connectivity index (χ4v) is 8.00. The van der Waals surface area contributed by atoms with Crippen LogP contribution >= 0.6 is 34.4 Å². The second-order valence-corrected chi connectivity index (χ2v) is 12.3. The Balaban J connectivity index is 1.40. The zero-order valence-electron chi connectivity index (χ0n) is 21.8. The van der Waals surface area contributed by atoms with Crippen LogP contribution in [0.15, 0.2) is 58.3 Å². The molecule has 7 nitrogen and oxygen atoms in total. The van der Waals surface area contributed by atoms with Crippen molar-refractivity contribution < 1.29 is 14.3 Å². The van der Waals surface area contributed by atoms with E-state index < -0.39 is 5.97 Å². The second-order valence-electron chi connectivity index (χ2n) is 9.41. The van der Waals surface area contributed by atoms with Crippen LogP contribution in [-0.2, 0) is 28.9 Å². The first-order chi connectivity index (χ1) is 18.9. The van der Waals surface area contributed by atoms with Crippen molar-refractivity contribution in [3.05, 3.63) is 74.7 Å². The third kappa shape index (κ3) is 5.59. The van der Waals surface area contributed by atoms with Crippen molar-refractivity contribution in [3.63, 3.8) is 0 Å². The van der Waals surface area contributed by atoms with Crippen LogP contribution in [0.2, 0.25) is 0 Å². The van der Waals surface area contributed by atoms with Gasteiger partial charge in [0.15, 0.2) is 5.16 Å². The highest BCUT2D eigenvalue weighted by atomic mass is 32.2. The van der Waals surface area contributed by atoms with Gasteiger partial charge in [-0.2, -0.15) is 0 Å². The molecule has 1 atom stereocenters. The van der Waals surface area contributed by atoms with Gasteiger partial charge in [-0.05, 0) is 43.2 Å². The maximum Gasteiger partial charge on any atom is 0.341 e. The molecular formula is C29H29N3O4S3. The van der Waals surface area contributed by atoms with Crippen LogP contribution in [0.3, 0.4) is 0 Å². The predicted molar refractivity (Wildman–Crippen MR) is 160 cm³/mol. The molecule has 0 spiro atoms. The van der Waals surface area contributed by atoms with Crippen molar-refractivity contribution in [1.29, 1.82) is 0 Å². The first-order valence-electron chi connectivity index (χ1n) is 12.8. The van der Waals surface area contributed by atoms with Gasteiger partial charge in [-0.1, -0.05) is 55.1 Å². The van der Waals surface area contributed by atoms with Gasteiger partial charge in [-0.3, -0.25) is 14.2 Å². The molecule has 202 valence electrons. The number of benzene rings is 1. The average Bonchev–Trinajstić information content (AvgIpc) is 3.51. The smallest absolute Gasteiger partial charge is 0.341 e. The van der Waals surface area contributed by atoms with Crippen molar-refractivity contribution in [2.45, 2.75) is 44.8 Å². The summed E-state index contributed by atoms with van der Waals surface area (Å²) < 4.78 is 6.87. The first kappa shape index (κ1) is 27.4. The van der Waals surface area contributed by atoms with E-state index in [0.717, 1.165) is 40.8 Å². The maximum atomic E-state index is 13.6. The van der Waals surface area contributed by atoms with Crippen molar-refractivity contribution in [3.8, 4) is 11.1 Å². The molecule has 1 aromatic carbocycles. The van der Waals surface area contributed by atoms with E-state index in [0.29, 0.717) is 31.9 Å². The lowest BCUT2D eigenvalue weighted by molar-refractivity contribution is -0.113. The summed E-state index contributed by atoms with van der Waals surface area (Å²) in [5.74, 6) is -0.0977. The number of nitrogens with one attached hydrogen (secondary N) is 1. The van der Waals surface area contributed by atoms with E-state index in [1.165, 1.54) is 34.4 Å². The molecule has 1 unspecified atom stereocenters. The molecular weight excluding hydrogens is 551 g/mol. The Hall–Kier alpha value is -3.21. The monoisotopic (exact) mass is 579 g/mol. The Morgan fingerprint density at radius 3 is 2.85 bits per heavy atom. The summed E-state index contributed by atoms with van der Waals surface area (Å²) in [6.45, 7) is 8.32. The maximum absolute atomic E-state index is 13.6. The van der Waals surface area contributed by atoms with Crippen LogP contribution in [0.5, 0.6) is 0 Å². The van der Waals surface area contributed by atoms with Gasteiger partial charge in [0.1, 0.15) is 9.83 Å². The molecule has 0 saturated heterocycles. The topological polar surface area (TPSA) is 90.3 Å². The number of fused-ring (bicyclic) bond motifs is 2. The SMILES string of the molecule is C=CCn1c(SCC(=O)Nc2sc3c(c2C(=O)OCC)CCC(C)C3)nc2scc(-c3ccccc3)c2c1=O. The lowest BCUT2D eigenvalue weighted by Gasteiger charge is -2.18. The van der Waals surface area contributed by atoms with Crippen molar-refractivity contribution in [2.24, 2.45) is 5.92 Å². The summed E-state index contributed by atoms with van der Waals surface area (Å²) in [6.07, 6.45) is 4.34. The zero-order valence-corrected chi connectivity index (χ0v) is 24.3. The summed E-state index contributed by atoms with van der Waals surface area (Å²) in [5, 5.41) is 6.45. The molecule has 10 heteroatoms. The Labute approximate surface area is 238 Å². The minimum absolute atomic E-state index is 0.0350. The third-order valence-corrected chi connectivity index (χ3v) is 9.65. The normalized spacial score (nSPS) is 14.7. The summed E-state index contributed by atoms with van der Waals surface area (Å²) in [6, 6.07) is 9.76. The van der Waals surface area contributed by atoms with Gasteiger partial charge in [0, 0.05) is 22.4 Å². The van der Waals surface area contributed by atoms with E-state index in [1.54, 1.807) is 17.6 Å². The molecule has 4 aromatic rings. The number of amides is 1. The van der Waals surface area contributed by atoms with Gasteiger partial charge >= 0.3 is 5.97 Å². The van der Waals surface area contributed by atoms with Gasteiger partial charge in [0.25, 0.3) is 5.56 Å². The summed E-state index contributed by atoms with van der Waals surface area (Å²) >= 11 is 4.07. The largest absolute Gasteiger partial charge is 0.462 e. The van der Waals surface area contributed by atoms with Gasteiger partial charge in [-0.15, -0.1) is 29.3 Å². The average molecular weight is 580 g/mol. The van der Waals surface area contributed by atoms with E-state index in [2.05, 4.69) is 18.8 Å². The number of esters is 1. The highest BCUT2D eigenvalue weighted by Gasteiger charge is 2.29. The molecule has 0 saturated carbocycles. The highest BCUT2D eigenvalue weighted by molar-refractivity contribution is 7.99. The quantitative estimate of drug-likeness (QED) is 0.107. The molecule has 0 aliphatic heterocycles. The lowest BCUT2D eigenvalue weighted by Crippen LogP contribution is -2.23. The number of ether oxygens (including phenoxy) is 1.